The van der Waals surface area contributed by atoms with Gasteiger partial charge in [-0.25, -0.2) is 27.2 Å². The Morgan fingerprint density at radius 3 is 2.64 bits per heavy atom. The second-order valence-electron chi connectivity index (χ2n) is 10.1. The molecule has 4 heterocycles. The van der Waals surface area contributed by atoms with Crippen LogP contribution in [0.3, 0.4) is 0 Å². The molecule has 0 saturated carbocycles. The zero-order chi connectivity index (χ0) is 29.8. The molecule has 0 unspecified atom stereocenters. The van der Waals surface area contributed by atoms with Crippen LogP contribution in [-0.4, -0.2) is 46.5 Å². The van der Waals surface area contributed by atoms with Gasteiger partial charge in [0, 0.05) is 58.6 Å². The lowest BCUT2D eigenvalue weighted by Crippen LogP contribution is -2.39. The summed E-state index contributed by atoms with van der Waals surface area (Å²) in [6.07, 6.45) is 3.00. The van der Waals surface area contributed by atoms with Crippen LogP contribution in [-0.2, 0) is 10.0 Å². The first kappa shape index (κ1) is 28.6. The number of nitrogens with zero attached hydrogens (tertiary/aromatic N) is 5. The number of halogens is 4. The molecule has 218 valence electrons. The fraction of sp³-hybridized carbons (Fsp3) is 0.250. The maximum Gasteiger partial charge on any atom is 0.333 e. The third-order valence-corrected chi connectivity index (χ3v) is 9.94. The highest BCUT2D eigenvalue weighted by Crippen LogP contribution is 2.46. The number of aryl methyl sites for hydroxylation is 2. The van der Waals surface area contributed by atoms with Gasteiger partial charge in [-0.15, -0.1) is 11.3 Å². The number of alkyl halides is 2. The van der Waals surface area contributed by atoms with Crippen LogP contribution in [0.15, 0.2) is 75.8 Å². The number of nitrogens with one attached hydrogen (secondary N) is 1. The van der Waals surface area contributed by atoms with Crippen molar-refractivity contribution >= 4 is 44.4 Å². The van der Waals surface area contributed by atoms with E-state index in [0.717, 1.165) is 17.8 Å². The van der Waals surface area contributed by atoms with Gasteiger partial charge >= 0.3 is 6.55 Å². The molecule has 14 heteroatoms. The maximum absolute atomic E-state index is 14.0. The van der Waals surface area contributed by atoms with E-state index in [1.165, 1.54) is 29.5 Å². The molecule has 0 spiro atoms. The Bertz CT molecular complexity index is 1840. The van der Waals surface area contributed by atoms with Crippen molar-refractivity contribution in [1.29, 1.82) is 0 Å². The zero-order valence-electron chi connectivity index (χ0n) is 22.3. The predicted molar refractivity (Wildman–Crippen MR) is 155 cm³/mol. The van der Waals surface area contributed by atoms with Gasteiger partial charge in [0.15, 0.2) is 10.8 Å². The first-order valence-corrected chi connectivity index (χ1v) is 15.6. The number of benzene rings is 2. The summed E-state index contributed by atoms with van der Waals surface area (Å²) in [6.45, 7) is 0.894. The summed E-state index contributed by atoms with van der Waals surface area (Å²) in [5, 5.41) is 6.59. The molecule has 4 aromatic rings. The number of hydrogen-bond acceptors (Lipinski definition) is 7. The molecule has 1 saturated heterocycles. The second kappa shape index (κ2) is 11.0. The van der Waals surface area contributed by atoms with Crippen LogP contribution in [0.25, 0.3) is 5.57 Å². The zero-order valence-corrected chi connectivity index (χ0v) is 24.7. The predicted octanol–water partition coefficient (Wildman–Crippen LogP) is 6.11. The molecular formula is C28H24ClF3N6O2S2. The summed E-state index contributed by atoms with van der Waals surface area (Å²) in [7, 11) is -3.91. The number of fused-ring (bicyclic) bond motifs is 1. The molecule has 8 nitrogen and oxygen atoms in total. The van der Waals surface area contributed by atoms with E-state index in [2.05, 4.69) is 14.8 Å². The van der Waals surface area contributed by atoms with Gasteiger partial charge in [0.05, 0.1) is 10.6 Å². The van der Waals surface area contributed by atoms with E-state index in [0.29, 0.717) is 37.9 Å². The van der Waals surface area contributed by atoms with Crippen LogP contribution < -0.4 is 4.72 Å². The average Bonchev–Trinajstić information content (AvgIpc) is 3.70. The first-order chi connectivity index (χ1) is 20.0. The number of aliphatic imine (C=N–C) groups is 1. The van der Waals surface area contributed by atoms with Crippen molar-refractivity contribution in [1.82, 2.24) is 24.4 Å². The molecule has 6 rings (SSSR count). The van der Waals surface area contributed by atoms with E-state index < -0.39 is 34.5 Å². The molecule has 0 aliphatic carbocycles. The molecule has 2 aliphatic rings. The molecule has 0 amide bonds. The Kier molecular flexibility index (Phi) is 7.46. The lowest BCUT2D eigenvalue weighted by molar-refractivity contribution is 0.0564. The number of rotatable bonds is 7. The van der Waals surface area contributed by atoms with E-state index in [1.54, 1.807) is 30.6 Å². The molecule has 2 aromatic heterocycles. The quantitative estimate of drug-likeness (QED) is 0.265. The number of hydrogen-bond donors (Lipinski definition) is 1. The summed E-state index contributed by atoms with van der Waals surface area (Å²) < 4.78 is 71.6. The van der Waals surface area contributed by atoms with Crippen LogP contribution in [0.2, 0.25) is 5.02 Å². The molecule has 1 fully saturated rings. The number of amidine groups is 1. The van der Waals surface area contributed by atoms with Gasteiger partial charge in [0.2, 0.25) is 10.0 Å². The van der Waals surface area contributed by atoms with E-state index in [4.69, 9.17) is 16.6 Å². The minimum Gasteiger partial charge on any atom is -0.326 e. The van der Waals surface area contributed by atoms with Gasteiger partial charge in [0.1, 0.15) is 11.9 Å². The molecular weight excluding hydrogens is 609 g/mol. The van der Waals surface area contributed by atoms with E-state index in [-0.39, 0.29) is 28.6 Å². The first-order valence-electron chi connectivity index (χ1n) is 12.9. The third-order valence-electron chi connectivity index (χ3n) is 7.18. The van der Waals surface area contributed by atoms with Crippen molar-refractivity contribution in [3.05, 3.63) is 104 Å². The Morgan fingerprint density at radius 2 is 1.95 bits per heavy atom. The summed E-state index contributed by atoms with van der Waals surface area (Å²) in [5.74, 6) is -0.0702. The van der Waals surface area contributed by atoms with Gasteiger partial charge in [0.25, 0.3) is 0 Å². The van der Waals surface area contributed by atoms with Gasteiger partial charge in [-0.2, -0.15) is 13.9 Å². The third kappa shape index (κ3) is 5.26. The average molecular weight is 633 g/mol. The highest BCUT2D eigenvalue weighted by molar-refractivity contribution is 7.89. The van der Waals surface area contributed by atoms with Crippen molar-refractivity contribution in [3.63, 3.8) is 0 Å². The van der Waals surface area contributed by atoms with Gasteiger partial charge in [-0.1, -0.05) is 29.8 Å². The van der Waals surface area contributed by atoms with E-state index in [9.17, 15) is 21.6 Å². The van der Waals surface area contributed by atoms with E-state index in [1.807, 2.05) is 17.9 Å². The normalized spacial score (nSPS) is 19.0. The molecule has 1 N–H and O–H groups in total. The highest BCUT2D eigenvalue weighted by atomic mass is 35.5. The van der Waals surface area contributed by atoms with E-state index >= 15 is 0 Å². The fourth-order valence-electron chi connectivity index (χ4n) is 5.31. The highest BCUT2D eigenvalue weighted by Gasteiger charge is 2.42. The SMILES string of the molecule is Cc1ccc(C)c(S(=O)(=O)N[C@H]2CC3=C(c4ccn(C(F)F)n4)[C@H](c4ccc(F)cc4Cl)N=C(c4nccs4)N3C2)c1. The van der Waals surface area contributed by atoms with Gasteiger partial charge in [-0.3, -0.25) is 4.99 Å². The molecule has 0 radical (unpaired) electrons. The lowest BCUT2D eigenvalue weighted by atomic mass is 9.92. The van der Waals surface area contributed by atoms with Crippen LogP contribution in [0.1, 0.15) is 46.4 Å². The van der Waals surface area contributed by atoms with Crippen molar-refractivity contribution in [2.45, 2.75) is 43.8 Å². The Morgan fingerprint density at radius 1 is 1.14 bits per heavy atom. The maximum atomic E-state index is 14.0. The molecule has 2 aliphatic heterocycles. The topological polar surface area (TPSA) is 92.5 Å². The smallest absolute Gasteiger partial charge is 0.326 e. The summed E-state index contributed by atoms with van der Waals surface area (Å²) in [4.78, 5) is 11.4. The lowest BCUT2D eigenvalue weighted by Gasteiger charge is -2.32. The second-order valence-corrected chi connectivity index (χ2v) is 13.1. The Hall–Kier alpha value is -3.52. The van der Waals surface area contributed by atoms with Crippen molar-refractivity contribution in [2.75, 3.05) is 6.54 Å². The minimum atomic E-state index is -3.91. The monoisotopic (exact) mass is 632 g/mol. The van der Waals surface area contributed by atoms with Crippen LogP contribution >= 0.6 is 22.9 Å². The number of aromatic nitrogens is 3. The van der Waals surface area contributed by atoms with Crippen LogP contribution in [0.5, 0.6) is 0 Å². The Labute approximate surface area is 249 Å². The fourth-order valence-corrected chi connectivity index (χ4v) is 7.78. The van der Waals surface area contributed by atoms with Crippen molar-refractivity contribution < 1.29 is 21.6 Å². The molecule has 42 heavy (non-hydrogen) atoms. The Balaban J connectivity index is 1.49. The van der Waals surface area contributed by atoms with Crippen LogP contribution in [0, 0.1) is 19.7 Å². The largest absolute Gasteiger partial charge is 0.333 e. The number of thiazole rings is 1. The van der Waals surface area contributed by atoms with Crippen molar-refractivity contribution in [3.8, 4) is 0 Å². The summed E-state index contributed by atoms with van der Waals surface area (Å²) >= 11 is 7.85. The van der Waals surface area contributed by atoms with Gasteiger partial charge < -0.3 is 4.90 Å². The molecule has 0 bridgehead atoms. The van der Waals surface area contributed by atoms with Crippen LogP contribution in [0.4, 0.5) is 13.2 Å². The summed E-state index contributed by atoms with van der Waals surface area (Å²) in [5.41, 5.74) is 3.19. The standard InChI is InChI=1S/C28H24ClF3N6O2S2/c1-15-3-4-16(2)23(11-15)42(39,40)36-18-13-22-24(21-7-9-38(35-21)28(31)32)25(19-6-5-17(30)12-20(19)29)34-26(37(22)14-18)27-33-8-10-41-27/h3-12,18,25,28,36H,13-14H2,1-2H3/t18-,25-/m0/s1. The summed E-state index contributed by atoms with van der Waals surface area (Å²) in [6, 6.07) is 9.15. The minimum absolute atomic E-state index is 0.104. The molecule has 2 atom stereocenters. The molecule has 2 aromatic carbocycles. The van der Waals surface area contributed by atoms with Crippen molar-refractivity contribution in [2.24, 2.45) is 4.99 Å². The van der Waals surface area contributed by atoms with Gasteiger partial charge in [-0.05, 0) is 49.2 Å². The number of sulfonamides is 1.